The van der Waals surface area contributed by atoms with E-state index in [1.54, 1.807) is 29.3 Å². The van der Waals surface area contributed by atoms with Crippen molar-refractivity contribution < 1.29 is 23.2 Å². The highest BCUT2D eigenvalue weighted by Crippen LogP contribution is 2.30. The Morgan fingerprint density at radius 1 is 1.14 bits per heavy atom. The number of aromatic amines is 1. The van der Waals surface area contributed by atoms with E-state index in [-0.39, 0.29) is 23.9 Å². The number of carbonyl (C=O) groups is 2. The van der Waals surface area contributed by atoms with Gasteiger partial charge in [-0.05, 0) is 50.5 Å². The minimum atomic E-state index is -0.575. The van der Waals surface area contributed by atoms with Gasteiger partial charge in [0.1, 0.15) is 17.2 Å². The van der Waals surface area contributed by atoms with Gasteiger partial charge in [-0.2, -0.15) is 4.98 Å². The molecule has 1 aliphatic heterocycles. The van der Waals surface area contributed by atoms with Crippen molar-refractivity contribution in [2.24, 2.45) is 0 Å². The summed E-state index contributed by atoms with van der Waals surface area (Å²) in [6, 6.07) is 6.61. The zero-order chi connectivity index (χ0) is 30.2. The van der Waals surface area contributed by atoms with E-state index in [0.29, 0.717) is 53.4 Å². The van der Waals surface area contributed by atoms with Crippen molar-refractivity contribution in [1.29, 1.82) is 0 Å². The lowest BCUT2D eigenvalue weighted by Gasteiger charge is -2.29. The van der Waals surface area contributed by atoms with Gasteiger partial charge in [-0.25, -0.2) is 19.2 Å². The fraction of sp³-hybridized carbons (Fsp3) is 0.400. The van der Waals surface area contributed by atoms with E-state index in [9.17, 15) is 9.59 Å². The van der Waals surface area contributed by atoms with Gasteiger partial charge >= 0.3 is 17.9 Å². The highest BCUT2D eigenvalue weighted by Gasteiger charge is 2.26. The third-order valence-electron chi connectivity index (χ3n) is 6.65. The lowest BCUT2D eigenvalue weighted by atomic mass is 9.96. The van der Waals surface area contributed by atoms with Crippen molar-refractivity contribution in [2.45, 2.75) is 65.5 Å². The van der Waals surface area contributed by atoms with Crippen molar-refractivity contribution in [3.63, 3.8) is 0 Å². The van der Waals surface area contributed by atoms with Gasteiger partial charge in [0.2, 0.25) is 0 Å². The van der Waals surface area contributed by atoms with E-state index in [1.165, 1.54) is 6.07 Å². The van der Waals surface area contributed by atoms with Crippen LogP contribution < -0.4 is 5.32 Å². The van der Waals surface area contributed by atoms with Gasteiger partial charge in [0.25, 0.3) is 0 Å². The third-order valence-corrected chi connectivity index (χ3v) is 6.65. The summed E-state index contributed by atoms with van der Waals surface area (Å²) in [5.74, 6) is -0.151. The molecule has 0 saturated heterocycles. The van der Waals surface area contributed by atoms with E-state index in [1.807, 2.05) is 47.6 Å². The normalized spacial score (nSPS) is 14.2. The first kappa shape index (κ1) is 28.9. The third kappa shape index (κ3) is 6.32. The summed E-state index contributed by atoms with van der Waals surface area (Å²) in [6.45, 7) is 12.1. The van der Waals surface area contributed by atoms with Crippen LogP contribution in [0.15, 0.2) is 41.1 Å². The second-order valence-electron chi connectivity index (χ2n) is 12.2. The summed E-state index contributed by atoms with van der Waals surface area (Å²) in [5, 5.41) is 6.48. The van der Waals surface area contributed by atoms with Gasteiger partial charge in [0, 0.05) is 42.4 Å². The van der Waals surface area contributed by atoms with Crippen LogP contribution in [0.25, 0.3) is 27.9 Å². The monoisotopic (exact) mass is 575 g/mol. The predicted octanol–water partition coefficient (Wildman–Crippen LogP) is 5.40. The molecule has 2 amide bonds. The van der Waals surface area contributed by atoms with Crippen LogP contribution in [0.2, 0.25) is 0 Å². The average molecular weight is 576 g/mol. The zero-order valence-corrected chi connectivity index (χ0v) is 24.5. The summed E-state index contributed by atoms with van der Waals surface area (Å²) in [7, 11) is 0. The maximum Gasteiger partial charge on any atom is 0.410 e. The fourth-order valence-corrected chi connectivity index (χ4v) is 4.41. The van der Waals surface area contributed by atoms with Crippen LogP contribution in [-0.2, 0) is 16.7 Å². The van der Waals surface area contributed by atoms with Crippen molar-refractivity contribution in [2.75, 3.05) is 13.1 Å². The maximum absolute atomic E-state index is 15.2. The van der Waals surface area contributed by atoms with E-state index in [4.69, 9.17) is 9.26 Å². The van der Waals surface area contributed by atoms with Crippen molar-refractivity contribution in [3.8, 4) is 11.1 Å². The number of hydrogen-bond donors (Lipinski definition) is 2. The second-order valence-corrected chi connectivity index (χ2v) is 12.2. The van der Waals surface area contributed by atoms with Crippen LogP contribution in [0, 0.1) is 5.82 Å². The number of rotatable bonds is 5. The Morgan fingerprint density at radius 2 is 1.93 bits per heavy atom. The smallest absolute Gasteiger partial charge is 0.410 e. The molecule has 12 heteroatoms. The SMILES string of the molecule is CC(C)(C)OC(=O)N1CC=C(c2nc3nccc(-c4ccc(CNC(=O)c5nc(C(C)(C)C)no5)c(F)c4)c3[nH]2)CC1. The number of nitrogens with one attached hydrogen (secondary N) is 2. The van der Waals surface area contributed by atoms with Crippen LogP contribution in [0.3, 0.4) is 0 Å². The first-order chi connectivity index (χ1) is 19.8. The first-order valence-electron chi connectivity index (χ1n) is 13.7. The predicted molar refractivity (Wildman–Crippen MR) is 154 cm³/mol. The Kier molecular flexibility index (Phi) is 7.56. The Hall–Kier alpha value is -4.61. The van der Waals surface area contributed by atoms with E-state index >= 15 is 4.39 Å². The number of nitrogens with zero attached hydrogens (tertiary/aromatic N) is 5. The van der Waals surface area contributed by atoms with E-state index in [0.717, 1.165) is 11.1 Å². The van der Waals surface area contributed by atoms with E-state index in [2.05, 4.69) is 30.4 Å². The second kappa shape index (κ2) is 11.0. The lowest BCUT2D eigenvalue weighted by molar-refractivity contribution is 0.0270. The van der Waals surface area contributed by atoms with Crippen LogP contribution in [0.5, 0.6) is 0 Å². The standard InChI is InChI=1S/C30H34FN7O4/c1-29(2,3)27-36-26(42-37-27)25(39)33-16-19-8-7-18(15-21(19)31)20-9-12-32-24-22(20)34-23(35-24)17-10-13-38(14-11-17)28(40)41-30(4,5)6/h7-10,12,15H,11,13-14,16H2,1-6H3,(H,33,39)(H,32,34,35). The molecule has 0 bridgehead atoms. The Balaban J connectivity index is 1.30. The molecule has 1 aliphatic rings. The molecule has 0 unspecified atom stereocenters. The lowest BCUT2D eigenvalue weighted by Crippen LogP contribution is -2.39. The highest BCUT2D eigenvalue weighted by atomic mass is 19.1. The topological polar surface area (TPSA) is 139 Å². The molecule has 4 aromatic rings. The number of carbonyl (C=O) groups excluding carboxylic acids is 2. The summed E-state index contributed by atoms with van der Waals surface area (Å²) in [5.41, 5.74) is 2.89. The summed E-state index contributed by atoms with van der Waals surface area (Å²) in [4.78, 5) is 43.0. The molecule has 0 aliphatic carbocycles. The highest BCUT2D eigenvalue weighted by molar-refractivity contribution is 5.91. The van der Waals surface area contributed by atoms with Crippen LogP contribution in [0.1, 0.15) is 75.9 Å². The Labute approximate surface area is 242 Å². The number of hydrogen-bond acceptors (Lipinski definition) is 8. The van der Waals surface area contributed by atoms with Crippen LogP contribution >= 0.6 is 0 Å². The number of H-pyrrole nitrogens is 1. The zero-order valence-electron chi connectivity index (χ0n) is 24.5. The molecular formula is C30H34FN7O4. The van der Waals surface area contributed by atoms with Crippen molar-refractivity contribution in [1.82, 2.24) is 35.3 Å². The number of fused-ring (bicyclic) bond motifs is 1. The number of amides is 2. The average Bonchev–Trinajstić information content (AvgIpc) is 3.59. The van der Waals surface area contributed by atoms with E-state index < -0.39 is 17.3 Å². The number of pyridine rings is 1. The Bertz CT molecular complexity index is 1680. The molecule has 0 spiro atoms. The Morgan fingerprint density at radius 3 is 2.57 bits per heavy atom. The molecule has 0 saturated carbocycles. The van der Waals surface area contributed by atoms with Gasteiger partial charge in [-0.1, -0.05) is 44.1 Å². The summed E-state index contributed by atoms with van der Waals surface area (Å²) >= 11 is 0. The van der Waals surface area contributed by atoms with Gasteiger partial charge in [-0.15, -0.1) is 0 Å². The molecule has 5 rings (SSSR count). The molecule has 2 N–H and O–H groups in total. The number of benzene rings is 1. The minimum Gasteiger partial charge on any atom is -0.444 e. The molecule has 42 heavy (non-hydrogen) atoms. The summed E-state index contributed by atoms with van der Waals surface area (Å²) < 4.78 is 25.7. The van der Waals surface area contributed by atoms with Crippen molar-refractivity contribution >= 4 is 28.7 Å². The van der Waals surface area contributed by atoms with Gasteiger partial charge in [0.05, 0.1) is 5.52 Å². The molecule has 1 aromatic carbocycles. The number of halogens is 1. The molecule has 0 fully saturated rings. The maximum atomic E-state index is 15.2. The molecule has 220 valence electrons. The van der Waals surface area contributed by atoms with Gasteiger partial charge in [0.15, 0.2) is 11.5 Å². The number of ether oxygens (including phenoxy) is 1. The largest absolute Gasteiger partial charge is 0.444 e. The van der Waals surface area contributed by atoms with Crippen LogP contribution in [-0.4, -0.2) is 60.7 Å². The fourth-order valence-electron chi connectivity index (χ4n) is 4.41. The molecule has 3 aromatic heterocycles. The first-order valence-corrected chi connectivity index (χ1v) is 13.7. The molecule has 11 nitrogen and oxygen atoms in total. The molecular weight excluding hydrogens is 541 g/mol. The molecule has 0 atom stereocenters. The summed E-state index contributed by atoms with van der Waals surface area (Å²) in [6.07, 6.45) is 3.83. The number of imidazole rings is 1. The van der Waals surface area contributed by atoms with Gasteiger partial charge < -0.3 is 24.5 Å². The van der Waals surface area contributed by atoms with Gasteiger partial charge in [-0.3, -0.25) is 4.79 Å². The quantitative estimate of drug-likeness (QED) is 0.323. The number of aromatic nitrogens is 5. The van der Waals surface area contributed by atoms with Crippen LogP contribution in [0.4, 0.5) is 9.18 Å². The molecule has 0 radical (unpaired) electrons. The minimum absolute atomic E-state index is 0.0490. The molecule has 4 heterocycles. The van der Waals surface area contributed by atoms with Crippen molar-refractivity contribution in [3.05, 3.63) is 65.5 Å².